The molecule has 0 atom stereocenters. The number of aryl methyl sites for hydroxylation is 1. The van der Waals surface area contributed by atoms with E-state index in [4.69, 9.17) is 9.47 Å². The number of benzene rings is 2. The lowest BCUT2D eigenvalue weighted by molar-refractivity contribution is -0.138. The first kappa shape index (κ1) is 20.5. The first-order valence-electron chi connectivity index (χ1n) is 9.71. The van der Waals surface area contributed by atoms with Crippen molar-refractivity contribution in [2.24, 2.45) is 0 Å². The Bertz CT molecular complexity index is 946. The van der Waals surface area contributed by atoms with Gasteiger partial charge in [0.25, 0.3) is 11.8 Å². The zero-order chi connectivity index (χ0) is 21.0. The molecule has 1 N–H and O–H groups in total. The molecule has 29 heavy (non-hydrogen) atoms. The number of amides is 2. The van der Waals surface area contributed by atoms with E-state index in [9.17, 15) is 14.7 Å². The van der Waals surface area contributed by atoms with Crippen LogP contribution in [-0.2, 0) is 16.0 Å². The van der Waals surface area contributed by atoms with E-state index in [-0.39, 0.29) is 12.1 Å². The minimum absolute atomic E-state index is 0.0525. The maximum Gasteiger partial charge on any atom is 0.296 e. The fourth-order valence-corrected chi connectivity index (χ4v) is 3.24. The molecule has 1 aliphatic rings. The average molecular weight is 395 g/mol. The van der Waals surface area contributed by atoms with Crippen molar-refractivity contribution in [3.63, 3.8) is 0 Å². The predicted octanol–water partition coefficient (Wildman–Crippen LogP) is 3.67. The summed E-state index contributed by atoms with van der Waals surface area (Å²) in [6.45, 7) is 6.92. The summed E-state index contributed by atoms with van der Waals surface area (Å²) in [5, 5.41) is 10.3. The monoisotopic (exact) mass is 395 g/mol. The molecule has 0 spiro atoms. The van der Waals surface area contributed by atoms with E-state index in [0.29, 0.717) is 36.7 Å². The molecular formula is C23H25NO5. The molecule has 2 aromatic carbocycles. The molecule has 2 aromatic rings. The minimum atomic E-state index is -0.665. The third-order valence-electron chi connectivity index (χ3n) is 4.72. The predicted molar refractivity (Wildman–Crippen MR) is 110 cm³/mol. The van der Waals surface area contributed by atoms with Crippen LogP contribution in [0.25, 0.3) is 5.57 Å². The number of carbonyl (C=O) groups is 2. The van der Waals surface area contributed by atoms with Gasteiger partial charge in [-0.3, -0.25) is 14.5 Å². The topological polar surface area (TPSA) is 76.1 Å². The Morgan fingerprint density at radius 2 is 1.55 bits per heavy atom. The fourth-order valence-electron chi connectivity index (χ4n) is 3.24. The summed E-state index contributed by atoms with van der Waals surface area (Å²) in [5.41, 5.74) is 2.52. The van der Waals surface area contributed by atoms with Gasteiger partial charge in [-0.15, -0.1) is 0 Å². The number of aliphatic hydroxyl groups is 1. The molecule has 0 fully saturated rings. The zero-order valence-electron chi connectivity index (χ0n) is 16.9. The van der Waals surface area contributed by atoms with Gasteiger partial charge in [0, 0.05) is 6.54 Å². The van der Waals surface area contributed by atoms with Crippen molar-refractivity contribution in [1.82, 2.24) is 4.90 Å². The first-order chi connectivity index (χ1) is 14.0. The first-order valence-corrected chi connectivity index (χ1v) is 9.71. The highest BCUT2D eigenvalue weighted by Crippen LogP contribution is 2.30. The lowest BCUT2D eigenvalue weighted by atomic mass is 10.0. The second-order valence-electron chi connectivity index (χ2n) is 6.75. The molecule has 0 radical (unpaired) electrons. The molecule has 2 amide bonds. The molecule has 0 aromatic heterocycles. The Morgan fingerprint density at radius 1 is 0.897 bits per heavy atom. The number of aliphatic hydroxyl groups excluding tert-OH is 1. The molecule has 1 aliphatic heterocycles. The third-order valence-corrected chi connectivity index (χ3v) is 4.72. The summed E-state index contributed by atoms with van der Waals surface area (Å²) in [6.07, 6.45) is 0.443. The van der Waals surface area contributed by atoms with Gasteiger partial charge in [0.1, 0.15) is 0 Å². The molecule has 0 saturated heterocycles. The van der Waals surface area contributed by atoms with Gasteiger partial charge in [-0.1, -0.05) is 35.9 Å². The second kappa shape index (κ2) is 8.82. The molecule has 6 heteroatoms. The van der Waals surface area contributed by atoms with Crippen LogP contribution in [0.15, 0.2) is 48.2 Å². The van der Waals surface area contributed by atoms with Crippen LogP contribution in [0.5, 0.6) is 11.5 Å². The summed E-state index contributed by atoms with van der Waals surface area (Å²) in [4.78, 5) is 26.3. The van der Waals surface area contributed by atoms with Crippen molar-refractivity contribution in [3.05, 3.63) is 64.9 Å². The van der Waals surface area contributed by atoms with Crippen LogP contribution in [0.2, 0.25) is 0 Å². The van der Waals surface area contributed by atoms with Crippen LogP contribution in [0.3, 0.4) is 0 Å². The highest BCUT2D eigenvalue weighted by Gasteiger charge is 2.38. The van der Waals surface area contributed by atoms with Crippen molar-refractivity contribution >= 4 is 17.4 Å². The van der Waals surface area contributed by atoms with Gasteiger partial charge < -0.3 is 14.6 Å². The summed E-state index contributed by atoms with van der Waals surface area (Å²) in [5.74, 6) is -0.353. The Kier molecular flexibility index (Phi) is 6.22. The lowest BCUT2D eigenvalue weighted by Gasteiger charge is -2.16. The van der Waals surface area contributed by atoms with E-state index in [1.54, 1.807) is 12.1 Å². The molecule has 0 aliphatic carbocycles. The van der Waals surface area contributed by atoms with E-state index in [1.807, 2.05) is 51.1 Å². The van der Waals surface area contributed by atoms with Crippen LogP contribution < -0.4 is 9.47 Å². The van der Waals surface area contributed by atoms with Gasteiger partial charge in [0.15, 0.2) is 17.3 Å². The molecule has 1 heterocycles. The highest BCUT2D eigenvalue weighted by molar-refractivity contribution is 6.34. The van der Waals surface area contributed by atoms with Gasteiger partial charge in [-0.25, -0.2) is 0 Å². The maximum absolute atomic E-state index is 12.8. The van der Waals surface area contributed by atoms with E-state index < -0.39 is 17.6 Å². The molecular weight excluding hydrogens is 370 g/mol. The van der Waals surface area contributed by atoms with Crippen molar-refractivity contribution in [3.8, 4) is 11.5 Å². The molecule has 0 saturated carbocycles. The highest BCUT2D eigenvalue weighted by atomic mass is 16.5. The number of carbonyl (C=O) groups excluding carboxylic acids is 2. The number of imide groups is 1. The van der Waals surface area contributed by atoms with Gasteiger partial charge in [-0.2, -0.15) is 0 Å². The van der Waals surface area contributed by atoms with Gasteiger partial charge in [-0.05, 0) is 50.5 Å². The van der Waals surface area contributed by atoms with Crippen molar-refractivity contribution in [2.45, 2.75) is 27.2 Å². The maximum atomic E-state index is 12.8. The molecule has 3 rings (SSSR count). The number of nitrogens with zero attached hydrogens (tertiary/aromatic N) is 1. The van der Waals surface area contributed by atoms with Gasteiger partial charge in [0.2, 0.25) is 0 Å². The quantitative estimate of drug-likeness (QED) is 0.690. The van der Waals surface area contributed by atoms with E-state index in [0.717, 1.165) is 16.0 Å². The Hall–Kier alpha value is -3.28. The van der Waals surface area contributed by atoms with Crippen molar-refractivity contribution in [2.75, 3.05) is 19.8 Å². The normalized spacial score (nSPS) is 14.0. The molecule has 6 nitrogen and oxygen atoms in total. The number of ether oxygens (including phenoxy) is 2. The van der Waals surface area contributed by atoms with Crippen molar-refractivity contribution in [1.29, 1.82) is 0 Å². The smallest absolute Gasteiger partial charge is 0.296 e. The minimum Gasteiger partial charge on any atom is -0.502 e. The summed E-state index contributed by atoms with van der Waals surface area (Å²) in [6, 6.07) is 12.7. The number of rotatable bonds is 8. The molecule has 0 unspecified atom stereocenters. The SMILES string of the molecule is CCOc1ccc(CCN2C(=O)C(O)=C(c3ccc(C)cc3)C2=O)cc1OCC. The van der Waals surface area contributed by atoms with E-state index in [1.165, 1.54) is 0 Å². The molecule has 152 valence electrons. The number of hydrogen-bond acceptors (Lipinski definition) is 5. The van der Waals surface area contributed by atoms with Gasteiger partial charge >= 0.3 is 0 Å². The van der Waals surface area contributed by atoms with Crippen LogP contribution in [0.4, 0.5) is 0 Å². The summed E-state index contributed by atoms with van der Waals surface area (Å²) >= 11 is 0. The van der Waals surface area contributed by atoms with Crippen LogP contribution in [0, 0.1) is 6.92 Å². The van der Waals surface area contributed by atoms with Crippen LogP contribution >= 0.6 is 0 Å². The van der Waals surface area contributed by atoms with E-state index in [2.05, 4.69) is 0 Å². The van der Waals surface area contributed by atoms with Gasteiger partial charge in [0.05, 0.1) is 18.8 Å². The average Bonchev–Trinajstić information content (AvgIpc) is 2.92. The van der Waals surface area contributed by atoms with E-state index >= 15 is 0 Å². The largest absolute Gasteiger partial charge is 0.502 e. The van der Waals surface area contributed by atoms with Crippen LogP contribution in [0.1, 0.15) is 30.5 Å². The Morgan fingerprint density at radius 3 is 2.21 bits per heavy atom. The zero-order valence-corrected chi connectivity index (χ0v) is 16.9. The summed E-state index contributed by atoms with van der Waals surface area (Å²) < 4.78 is 11.2. The number of hydrogen-bond donors (Lipinski definition) is 1. The standard InChI is InChI=1S/C23H25NO5/c1-4-28-18-11-8-16(14-19(18)29-5-2)12-13-24-22(26)20(21(25)23(24)27)17-9-6-15(3)7-10-17/h6-11,14,25H,4-5,12-13H2,1-3H3. The fraction of sp³-hybridized carbons (Fsp3) is 0.304. The van der Waals surface area contributed by atoms with Crippen molar-refractivity contribution < 1.29 is 24.2 Å². The van der Waals surface area contributed by atoms with Crippen LogP contribution in [-0.4, -0.2) is 41.6 Å². The Balaban J connectivity index is 1.75. The summed E-state index contributed by atoms with van der Waals surface area (Å²) in [7, 11) is 0. The second-order valence-corrected chi connectivity index (χ2v) is 6.75. The molecule has 0 bridgehead atoms. The third kappa shape index (κ3) is 4.26. The Labute approximate surface area is 170 Å². The lowest BCUT2D eigenvalue weighted by Crippen LogP contribution is -2.33.